The van der Waals surface area contributed by atoms with E-state index in [-0.39, 0.29) is 11.9 Å². The summed E-state index contributed by atoms with van der Waals surface area (Å²) in [4.78, 5) is 13.9. The molecule has 9 heteroatoms. The zero-order valence-electron chi connectivity index (χ0n) is 19.1. The summed E-state index contributed by atoms with van der Waals surface area (Å²) in [6, 6.07) is 10.8. The van der Waals surface area contributed by atoms with Crippen LogP contribution < -0.4 is 19.5 Å². The van der Waals surface area contributed by atoms with Crippen LogP contribution in [0.3, 0.4) is 0 Å². The Morgan fingerprint density at radius 3 is 2.73 bits per heavy atom. The van der Waals surface area contributed by atoms with Crippen molar-refractivity contribution in [1.82, 2.24) is 10.2 Å². The van der Waals surface area contributed by atoms with Gasteiger partial charge in [-0.15, -0.1) is 0 Å². The van der Waals surface area contributed by atoms with E-state index >= 15 is 0 Å². The van der Waals surface area contributed by atoms with Crippen molar-refractivity contribution in [3.63, 3.8) is 0 Å². The van der Waals surface area contributed by atoms with Crippen LogP contribution in [0, 0.1) is 0 Å². The molecule has 0 bridgehead atoms. The Bertz CT molecular complexity index is 987. The van der Waals surface area contributed by atoms with Gasteiger partial charge in [-0.1, -0.05) is 11.6 Å². The molecule has 1 atom stereocenters. The van der Waals surface area contributed by atoms with Gasteiger partial charge < -0.3 is 29.2 Å². The largest absolute Gasteiger partial charge is 0.497 e. The zero-order valence-corrected chi connectivity index (χ0v) is 20.6. The number of carbonyl (C=O) groups is 1. The molecule has 7 nitrogen and oxygen atoms in total. The van der Waals surface area contributed by atoms with Crippen LogP contribution in [0.5, 0.6) is 17.2 Å². The van der Waals surface area contributed by atoms with Crippen LogP contribution >= 0.6 is 23.8 Å². The lowest BCUT2D eigenvalue weighted by Gasteiger charge is -2.34. The second-order valence-corrected chi connectivity index (χ2v) is 8.43. The lowest BCUT2D eigenvalue weighted by atomic mass is 10.1. The van der Waals surface area contributed by atoms with Gasteiger partial charge in [-0.2, -0.15) is 0 Å². The fraction of sp³-hybridized carbons (Fsp3) is 0.417. The third-order valence-electron chi connectivity index (χ3n) is 5.33. The third kappa shape index (κ3) is 6.96. The minimum atomic E-state index is -0.174. The number of nitrogens with zero attached hydrogens (tertiary/aromatic N) is 1. The Hall–Kier alpha value is -2.55. The lowest BCUT2D eigenvalue weighted by molar-refractivity contribution is -0.0288. The molecule has 33 heavy (non-hydrogen) atoms. The van der Waals surface area contributed by atoms with E-state index in [0.717, 1.165) is 23.5 Å². The maximum absolute atomic E-state index is 11.9. The number of thiocarbonyl (C=S) groups is 1. The van der Waals surface area contributed by atoms with Gasteiger partial charge in [-0.05, 0) is 67.5 Å². The van der Waals surface area contributed by atoms with Gasteiger partial charge in [-0.25, -0.2) is 0 Å². The van der Waals surface area contributed by atoms with Crippen LogP contribution in [-0.4, -0.2) is 69.0 Å². The number of Topliss-reactive ketones (excluding diaryl/α,β-unsaturated/α-hetero) is 1. The van der Waals surface area contributed by atoms with Gasteiger partial charge >= 0.3 is 0 Å². The van der Waals surface area contributed by atoms with Gasteiger partial charge in [0.05, 0.1) is 26.4 Å². The molecule has 1 aliphatic rings. The number of hydrogen-bond acceptors (Lipinski definition) is 6. The predicted molar refractivity (Wildman–Crippen MR) is 132 cm³/mol. The molecular weight excluding hydrogens is 464 g/mol. The van der Waals surface area contributed by atoms with Crippen LogP contribution in [0.4, 0.5) is 0 Å². The average Bonchev–Trinajstić information content (AvgIpc) is 2.83. The Morgan fingerprint density at radius 2 is 2.00 bits per heavy atom. The third-order valence-corrected chi connectivity index (χ3v) is 5.97. The van der Waals surface area contributed by atoms with Gasteiger partial charge in [0, 0.05) is 24.7 Å². The average molecular weight is 493 g/mol. The van der Waals surface area contributed by atoms with Crippen molar-refractivity contribution in [2.75, 3.05) is 47.1 Å². The molecule has 1 heterocycles. The van der Waals surface area contributed by atoms with Gasteiger partial charge in [0.25, 0.3) is 0 Å². The maximum atomic E-state index is 11.9. The monoisotopic (exact) mass is 492 g/mol. The topological polar surface area (TPSA) is 69.3 Å². The van der Waals surface area contributed by atoms with Gasteiger partial charge in [0.15, 0.2) is 10.9 Å². The minimum absolute atomic E-state index is 0.100. The molecule has 2 aromatic rings. The van der Waals surface area contributed by atoms with E-state index in [2.05, 4.69) is 10.2 Å². The summed E-state index contributed by atoms with van der Waals surface area (Å²) in [5.41, 5.74) is 1.50. The second-order valence-electron chi connectivity index (χ2n) is 7.61. The van der Waals surface area contributed by atoms with Crippen LogP contribution in [0.15, 0.2) is 36.4 Å². The molecule has 0 radical (unpaired) electrons. The molecule has 1 fully saturated rings. The van der Waals surface area contributed by atoms with E-state index in [1.165, 1.54) is 6.92 Å². The Balaban J connectivity index is 1.50. The van der Waals surface area contributed by atoms with Crippen molar-refractivity contribution in [2.24, 2.45) is 0 Å². The maximum Gasteiger partial charge on any atom is 0.169 e. The summed E-state index contributed by atoms with van der Waals surface area (Å²) in [5.74, 6) is 2.01. The van der Waals surface area contributed by atoms with E-state index in [1.807, 2.05) is 18.2 Å². The Labute approximate surface area is 204 Å². The summed E-state index contributed by atoms with van der Waals surface area (Å²) in [6.07, 6.45) is 0.564. The van der Waals surface area contributed by atoms with Gasteiger partial charge in [-0.3, -0.25) is 4.79 Å². The van der Waals surface area contributed by atoms with Gasteiger partial charge in [0.1, 0.15) is 30.0 Å². The zero-order chi connectivity index (χ0) is 23.8. The first-order valence-corrected chi connectivity index (χ1v) is 11.5. The number of carbonyl (C=O) groups excluding carboxylic acids is 1. The fourth-order valence-electron chi connectivity index (χ4n) is 3.58. The van der Waals surface area contributed by atoms with E-state index < -0.39 is 0 Å². The SMILES string of the molecule is COc1ccc(OC)c(CCNC(=S)N2CCOC(COc3ccc(Cl)cc3C(C)=O)C2)c1. The minimum Gasteiger partial charge on any atom is -0.497 e. The number of ether oxygens (including phenoxy) is 4. The normalized spacial score (nSPS) is 15.6. The molecule has 3 rings (SSSR count). The lowest BCUT2D eigenvalue weighted by Crippen LogP contribution is -2.51. The predicted octanol–water partition coefficient (Wildman–Crippen LogP) is 3.76. The number of rotatable bonds is 9. The van der Waals surface area contributed by atoms with E-state index in [0.29, 0.717) is 54.3 Å². The molecule has 0 amide bonds. The van der Waals surface area contributed by atoms with Crippen molar-refractivity contribution in [2.45, 2.75) is 19.4 Å². The molecular formula is C24H29ClN2O5S. The summed E-state index contributed by atoms with van der Waals surface area (Å²) in [6.45, 7) is 4.29. The number of ketones is 1. The first-order chi connectivity index (χ1) is 15.9. The molecule has 1 aliphatic heterocycles. The first kappa shape index (κ1) is 25.1. The van der Waals surface area contributed by atoms with Crippen LogP contribution in [0.25, 0.3) is 0 Å². The number of morpholine rings is 1. The van der Waals surface area contributed by atoms with Crippen LogP contribution in [-0.2, 0) is 11.2 Å². The van der Waals surface area contributed by atoms with E-state index in [9.17, 15) is 4.79 Å². The molecule has 2 aromatic carbocycles. The highest BCUT2D eigenvalue weighted by Crippen LogP contribution is 2.25. The van der Waals surface area contributed by atoms with Crippen molar-refractivity contribution in [3.05, 3.63) is 52.5 Å². The molecule has 178 valence electrons. The Kier molecular flexibility index (Phi) is 9.17. The van der Waals surface area contributed by atoms with Crippen LogP contribution in [0.1, 0.15) is 22.8 Å². The highest BCUT2D eigenvalue weighted by molar-refractivity contribution is 7.80. The quantitative estimate of drug-likeness (QED) is 0.419. The number of benzene rings is 2. The molecule has 0 aliphatic carbocycles. The molecule has 0 saturated carbocycles. The standard InChI is InChI=1S/C24H29ClN2O5S/c1-16(28)21-13-18(25)4-6-23(21)32-15-20-14-27(10-11-31-20)24(33)26-9-8-17-12-19(29-2)5-7-22(17)30-3/h4-7,12-13,20H,8-11,14-15H2,1-3H3,(H,26,33). The number of halogens is 1. The summed E-state index contributed by atoms with van der Waals surface area (Å²) >= 11 is 11.6. The van der Waals surface area contributed by atoms with Crippen molar-refractivity contribution >= 4 is 34.7 Å². The smallest absolute Gasteiger partial charge is 0.169 e. The molecule has 1 N–H and O–H groups in total. The Morgan fingerprint density at radius 1 is 1.21 bits per heavy atom. The molecule has 1 saturated heterocycles. The summed E-state index contributed by atoms with van der Waals surface area (Å²) < 4.78 is 22.5. The second kappa shape index (κ2) is 12.1. The fourth-order valence-corrected chi connectivity index (χ4v) is 4.02. The summed E-state index contributed by atoms with van der Waals surface area (Å²) in [7, 11) is 3.30. The molecule has 0 spiro atoms. The van der Waals surface area contributed by atoms with Gasteiger partial charge in [0.2, 0.25) is 0 Å². The first-order valence-electron chi connectivity index (χ1n) is 10.7. The van der Waals surface area contributed by atoms with Crippen LogP contribution in [0.2, 0.25) is 5.02 Å². The number of methoxy groups -OCH3 is 2. The number of nitrogens with one attached hydrogen (secondary N) is 1. The highest BCUT2D eigenvalue weighted by Gasteiger charge is 2.23. The van der Waals surface area contributed by atoms with Crippen molar-refractivity contribution in [1.29, 1.82) is 0 Å². The van der Waals surface area contributed by atoms with Crippen molar-refractivity contribution in [3.8, 4) is 17.2 Å². The van der Waals surface area contributed by atoms with Crippen molar-refractivity contribution < 1.29 is 23.7 Å². The number of hydrogen-bond donors (Lipinski definition) is 1. The van der Waals surface area contributed by atoms with E-state index in [4.69, 9.17) is 42.8 Å². The highest BCUT2D eigenvalue weighted by atomic mass is 35.5. The molecule has 0 aromatic heterocycles. The van der Waals surface area contributed by atoms with E-state index in [1.54, 1.807) is 32.4 Å². The molecule has 1 unspecified atom stereocenters. The summed E-state index contributed by atoms with van der Waals surface area (Å²) in [5, 5.41) is 4.48.